The largest absolute Gasteiger partial charge is 0.477 e. The zero-order valence-electron chi connectivity index (χ0n) is 14.1. The third-order valence-corrected chi connectivity index (χ3v) is 3.44. The monoisotopic (exact) mass is 363 g/mol. The molecule has 2 aromatic rings. The van der Waals surface area contributed by atoms with Gasteiger partial charge in [-0.15, -0.1) is 0 Å². The second kappa shape index (κ2) is 8.05. The van der Waals surface area contributed by atoms with E-state index in [1.54, 1.807) is 0 Å². The van der Waals surface area contributed by atoms with Crippen molar-refractivity contribution in [2.45, 2.75) is 19.4 Å². The number of aromatic nitrogens is 2. The molecule has 138 valence electrons. The highest BCUT2D eigenvalue weighted by Gasteiger charge is 2.18. The lowest BCUT2D eigenvalue weighted by Crippen LogP contribution is -2.24. The number of carbonyl (C=O) groups excluding carboxylic acids is 2. The van der Waals surface area contributed by atoms with Crippen LogP contribution in [0.15, 0.2) is 12.1 Å². The lowest BCUT2D eigenvalue weighted by Gasteiger charge is -2.11. The van der Waals surface area contributed by atoms with E-state index < -0.39 is 16.7 Å². The summed E-state index contributed by atoms with van der Waals surface area (Å²) < 4.78 is 10.2. The number of methoxy groups -OCH3 is 2. The number of fused-ring (bicyclic) bond motifs is 1. The van der Waals surface area contributed by atoms with E-state index in [0.717, 1.165) is 0 Å². The number of nitro benzene ring substituents is 1. The molecule has 0 aliphatic carbocycles. The Hall–Kier alpha value is -3.50. The summed E-state index contributed by atoms with van der Waals surface area (Å²) in [7, 11) is 2.75. The summed E-state index contributed by atoms with van der Waals surface area (Å²) in [6.07, 6.45) is -0.169. The van der Waals surface area contributed by atoms with Crippen molar-refractivity contribution in [1.82, 2.24) is 15.3 Å². The minimum Gasteiger partial charge on any atom is -0.477 e. The van der Waals surface area contributed by atoms with Gasteiger partial charge in [0, 0.05) is 37.1 Å². The maximum atomic E-state index is 11.8. The molecule has 0 atom stereocenters. The summed E-state index contributed by atoms with van der Waals surface area (Å²) in [5, 5.41) is 13.7. The maximum Gasteiger partial charge on any atom is 0.278 e. The average molecular weight is 363 g/mol. The SMILES string of the molecule is COc1nc2cc([N+](=O)[O-])cc(CNC(=O)CCC(N)=O)c2nc1OC. The second-order valence-corrected chi connectivity index (χ2v) is 5.21. The van der Waals surface area contributed by atoms with Gasteiger partial charge in [0.15, 0.2) is 0 Å². The van der Waals surface area contributed by atoms with E-state index in [2.05, 4.69) is 15.3 Å². The minimum absolute atomic E-state index is 0.0417. The van der Waals surface area contributed by atoms with Crippen LogP contribution in [0.5, 0.6) is 11.8 Å². The van der Waals surface area contributed by atoms with Gasteiger partial charge in [-0.05, 0) is 0 Å². The van der Waals surface area contributed by atoms with Crippen molar-refractivity contribution >= 4 is 28.5 Å². The molecule has 0 saturated heterocycles. The first-order valence-electron chi connectivity index (χ1n) is 7.47. The number of nitrogens with one attached hydrogen (secondary N) is 1. The molecule has 1 aromatic heterocycles. The number of ether oxygens (including phenoxy) is 2. The van der Waals surface area contributed by atoms with E-state index in [9.17, 15) is 19.7 Å². The molecule has 26 heavy (non-hydrogen) atoms. The van der Waals surface area contributed by atoms with Gasteiger partial charge in [0.1, 0.15) is 5.52 Å². The van der Waals surface area contributed by atoms with Crippen molar-refractivity contribution in [2.75, 3.05) is 14.2 Å². The van der Waals surface area contributed by atoms with E-state index in [-0.39, 0.29) is 42.4 Å². The van der Waals surface area contributed by atoms with Crippen molar-refractivity contribution in [2.24, 2.45) is 5.73 Å². The molecule has 0 unspecified atom stereocenters. The summed E-state index contributed by atoms with van der Waals surface area (Å²) in [6.45, 7) is -0.0417. The predicted octanol–water partition coefficient (Wildman–Crippen LogP) is 0.437. The minimum atomic E-state index is -0.594. The molecule has 11 nitrogen and oxygen atoms in total. The van der Waals surface area contributed by atoms with Crippen LogP contribution in [-0.4, -0.2) is 40.9 Å². The summed E-state index contributed by atoms with van der Waals surface area (Å²) in [5.74, 6) is -0.826. The third kappa shape index (κ3) is 4.32. The van der Waals surface area contributed by atoms with E-state index in [1.807, 2.05) is 0 Å². The Balaban J connectivity index is 2.40. The number of carbonyl (C=O) groups is 2. The Morgan fingerprint density at radius 1 is 1.19 bits per heavy atom. The van der Waals surface area contributed by atoms with Gasteiger partial charge >= 0.3 is 0 Å². The number of primary amides is 1. The molecule has 0 spiro atoms. The number of hydrogen-bond acceptors (Lipinski definition) is 8. The quantitative estimate of drug-likeness (QED) is 0.504. The molecule has 2 rings (SSSR count). The van der Waals surface area contributed by atoms with Gasteiger partial charge in [0.25, 0.3) is 17.4 Å². The van der Waals surface area contributed by atoms with Crippen LogP contribution in [0.25, 0.3) is 11.0 Å². The Morgan fingerprint density at radius 2 is 1.85 bits per heavy atom. The van der Waals surface area contributed by atoms with Crippen LogP contribution < -0.4 is 20.5 Å². The smallest absolute Gasteiger partial charge is 0.278 e. The normalized spacial score (nSPS) is 10.4. The number of rotatable bonds is 8. The number of hydrogen-bond donors (Lipinski definition) is 2. The van der Waals surface area contributed by atoms with E-state index >= 15 is 0 Å². The van der Waals surface area contributed by atoms with Gasteiger partial charge in [0.05, 0.1) is 24.7 Å². The molecule has 11 heteroatoms. The van der Waals surface area contributed by atoms with Crippen LogP contribution in [0.2, 0.25) is 0 Å². The molecule has 0 radical (unpaired) electrons. The fourth-order valence-electron chi connectivity index (χ4n) is 2.21. The third-order valence-electron chi connectivity index (χ3n) is 3.44. The number of nitrogens with zero attached hydrogens (tertiary/aromatic N) is 3. The predicted molar refractivity (Wildman–Crippen MR) is 89.6 cm³/mol. The van der Waals surface area contributed by atoms with E-state index in [1.165, 1.54) is 26.4 Å². The summed E-state index contributed by atoms with van der Waals surface area (Å²) in [6, 6.07) is 2.54. The fourth-order valence-corrected chi connectivity index (χ4v) is 2.21. The van der Waals surface area contributed by atoms with Gasteiger partial charge < -0.3 is 20.5 Å². The van der Waals surface area contributed by atoms with Gasteiger partial charge in [-0.2, -0.15) is 0 Å². The van der Waals surface area contributed by atoms with Crippen LogP contribution in [0.4, 0.5) is 5.69 Å². The van der Waals surface area contributed by atoms with Crippen molar-refractivity contribution in [3.8, 4) is 11.8 Å². The van der Waals surface area contributed by atoms with E-state index in [0.29, 0.717) is 11.1 Å². The molecule has 0 aliphatic rings. The molecular formula is C15H17N5O6. The molecule has 0 fully saturated rings. The molecule has 0 aliphatic heterocycles. The van der Waals surface area contributed by atoms with Crippen LogP contribution in [0, 0.1) is 10.1 Å². The first-order chi connectivity index (χ1) is 12.3. The number of amides is 2. The van der Waals surface area contributed by atoms with Crippen molar-refractivity contribution in [1.29, 1.82) is 0 Å². The molecule has 1 heterocycles. The Bertz CT molecular complexity index is 869. The molecule has 0 bridgehead atoms. The Morgan fingerprint density at radius 3 is 2.42 bits per heavy atom. The van der Waals surface area contributed by atoms with Crippen LogP contribution >= 0.6 is 0 Å². The molecule has 0 saturated carbocycles. The van der Waals surface area contributed by atoms with Crippen molar-refractivity contribution in [3.05, 3.63) is 27.8 Å². The Kier molecular flexibility index (Phi) is 5.83. The number of nitrogens with two attached hydrogens (primary N) is 1. The summed E-state index contributed by atoms with van der Waals surface area (Å²) in [4.78, 5) is 41.5. The first-order valence-corrected chi connectivity index (χ1v) is 7.47. The topological polar surface area (TPSA) is 160 Å². The zero-order chi connectivity index (χ0) is 19.3. The van der Waals surface area contributed by atoms with Crippen LogP contribution in [-0.2, 0) is 16.1 Å². The van der Waals surface area contributed by atoms with Gasteiger partial charge in [-0.1, -0.05) is 0 Å². The van der Waals surface area contributed by atoms with Crippen molar-refractivity contribution in [3.63, 3.8) is 0 Å². The number of nitro groups is 1. The summed E-state index contributed by atoms with van der Waals surface area (Å²) in [5.41, 5.74) is 5.70. The highest BCUT2D eigenvalue weighted by molar-refractivity contribution is 5.84. The van der Waals surface area contributed by atoms with E-state index in [4.69, 9.17) is 15.2 Å². The zero-order valence-corrected chi connectivity index (χ0v) is 14.1. The number of non-ortho nitro benzene ring substituents is 1. The highest BCUT2D eigenvalue weighted by atomic mass is 16.6. The molecule has 1 aromatic carbocycles. The average Bonchev–Trinajstić information content (AvgIpc) is 2.62. The number of benzene rings is 1. The highest BCUT2D eigenvalue weighted by Crippen LogP contribution is 2.29. The lowest BCUT2D eigenvalue weighted by molar-refractivity contribution is -0.384. The van der Waals surface area contributed by atoms with Gasteiger partial charge in [-0.25, -0.2) is 9.97 Å². The molecule has 3 N–H and O–H groups in total. The second-order valence-electron chi connectivity index (χ2n) is 5.21. The van der Waals surface area contributed by atoms with Crippen LogP contribution in [0.3, 0.4) is 0 Å². The maximum absolute atomic E-state index is 11.8. The lowest BCUT2D eigenvalue weighted by atomic mass is 10.1. The fraction of sp³-hybridized carbons (Fsp3) is 0.333. The molecular weight excluding hydrogens is 346 g/mol. The standard InChI is InChI=1S/C15H17N5O6/c1-25-14-15(26-2)19-13-8(7-17-12(22)4-3-11(16)21)5-9(20(23)24)6-10(13)18-14/h5-6H,3-4,7H2,1-2H3,(H2,16,21)(H,17,22). The summed E-state index contributed by atoms with van der Waals surface area (Å²) >= 11 is 0. The van der Waals surface area contributed by atoms with Crippen molar-refractivity contribution < 1.29 is 24.0 Å². The van der Waals surface area contributed by atoms with Gasteiger partial charge in [-0.3, -0.25) is 19.7 Å². The van der Waals surface area contributed by atoms with Crippen LogP contribution in [0.1, 0.15) is 18.4 Å². The Labute approximate surface area is 147 Å². The van der Waals surface area contributed by atoms with Gasteiger partial charge in [0.2, 0.25) is 11.8 Å². The molecule has 2 amide bonds. The first kappa shape index (κ1) is 18.8.